The fraction of sp³-hybridized carbons (Fsp3) is 0.333. The molecule has 0 unspecified atom stereocenters. The highest BCUT2D eigenvalue weighted by atomic mass is 19.1. The molecule has 74 valence electrons. The monoisotopic (exact) mass is 199 g/mol. The smallest absolute Gasteiger partial charge is 0.258 e. The van der Waals surface area contributed by atoms with Crippen LogP contribution in [-0.4, -0.2) is 4.92 Å². The molecule has 1 aromatic rings. The molecule has 0 heterocycles. The molecule has 0 radical (unpaired) electrons. The standard InChI is InChI=1S/C9H7F2NO2/c10-7-4-8(12(13)14)9(11)6-3-1-2-5(6)7/h4H,1-3H2. The van der Waals surface area contributed by atoms with E-state index in [9.17, 15) is 18.9 Å². The van der Waals surface area contributed by atoms with Gasteiger partial charge in [0.1, 0.15) is 5.82 Å². The second-order valence-electron chi connectivity index (χ2n) is 3.26. The van der Waals surface area contributed by atoms with Crippen LogP contribution >= 0.6 is 0 Å². The van der Waals surface area contributed by atoms with Crippen molar-refractivity contribution in [2.75, 3.05) is 0 Å². The molecule has 1 aliphatic carbocycles. The number of benzene rings is 1. The molecule has 0 amide bonds. The maximum absolute atomic E-state index is 13.4. The molecule has 2 rings (SSSR count). The van der Waals surface area contributed by atoms with Crippen LogP contribution in [0.1, 0.15) is 17.5 Å². The molecule has 0 fully saturated rings. The SMILES string of the molecule is O=[N+]([O-])c1cc(F)c2c(c1F)CCC2. The van der Waals surface area contributed by atoms with Gasteiger partial charge in [0, 0.05) is 5.56 Å². The molecular weight excluding hydrogens is 192 g/mol. The predicted octanol–water partition coefficient (Wildman–Crippen LogP) is 2.36. The second-order valence-corrected chi connectivity index (χ2v) is 3.26. The summed E-state index contributed by atoms with van der Waals surface area (Å²) in [5.41, 5.74) is -0.284. The summed E-state index contributed by atoms with van der Waals surface area (Å²) in [7, 11) is 0. The summed E-state index contributed by atoms with van der Waals surface area (Å²) >= 11 is 0. The normalized spacial score (nSPS) is 14.1. The fourth-order valence-corrected chi connectivity index (χ4v) is 1.81. The average molecular weight is 199 g/mol. The molecule has 1 aromatic carbocycles. The Kier molecular flexibility index (Phi) is 1.94. The van der Waals surface area contributed by atoms with Crippen molar-refractivity contribution >= 4 is 5.69 Å². The van der Waals surface area contributed by atoms with Crippen LogP contribution in [0, 0.1) is 21.7 Å². The van der Waals surface area contributed by atoms with Crippen molar-refractivity contribution in [3.05, 3.63) is 38.9 Å². The van der Waals surface area contributed by atoms with Gasteiger partial charge in [-0.05, 0) is 24.8 Å². The van der Waals surface area contributed by atoms with Crippen LogP contribution in [0.2, 0.25) is 0 Å². The van der Waals surface area contributed by atoms with Gasteiger partial charge in [-0.2, -0.15) is 4.39 Å². The van der Waals surface area contributed by atoms with Crippen molar-refractivity contribution in [2.45, 2.75) is 19.3 Å². The van der Waals surface area contributed by atoms with Crippen LogP contribution in [0.3, 0.4) is 0 Å². The summed E-state index contributed by atoms with van der Waals surface area (Å²) in [6.45, 7) is 0. The molecule has 0 N–H and O–H groups in total. The molecule has 5 heteroatoms. The zero-order chi connectivity index (χ0) is 10.3. The third kappa shape index (κ3) is 1.16. The van der Waals surface area contributed by atoms with E-state index < -0.39 is 22.2 Å². The van der Waals surface area contributed by atoms with E-state index in [1.165, 1.54) is 0 Å². The molecule has 3 nitrogen and oxygen atoms in total. The summed E-state index contributed by atoms with van der Waals surface area (Å²) in [5, 5.41) is 10.4. The van der Waals surface area contributed by atoms with E-state index in [4.69, 9.17) is 0 Å². The van der Waals surface area contributed by atoms with Crippen molar-refractivity contribution in [1.29, 1.82) is 0 Å². The Bertz CT molecular complexity index is 418. The van der Waals surface area contributed by atoms with Crippen LogP contribution in [0.15, 0.2) is 6.07 Å². The summed E-state index contributed by atoms with van der Waals surface area (Å²) in [5.74, 6) is -1.53. The molecule has 0 saturated carbocycles. The van der Waals surface area contributed by atoms with Gasteiger partial charge in [0.25, 0.3) is 0 Å². The molecule has 0 saturated heterocycles. The topological polar surface area (TPSA) is 43.1 Å². The van der Waals surface area contributed by atoms with Crippen LogP contribution in [0.25, 0.3) is 0 Å². The number of hydrogen-bond donors (Lipinski definition) is 0. The summed E-state index contributed by atoms with van der Waals surface area (Å²) in [6, 6.07) is 0.666. The summed E-state index contributed by atoms with van der Waals surface area (Å²) in [6.07, 6.45) is 1.51. The molecule has 0 aromatic heterocycles. The Morgan fingerprint density at radius 2 is 1.93 bits per heavy atom. The van der Waals surface area contributed by atoms with Gasteiger partial charge in [-0.15, -0.1) is 0 Å². The fourth-order valence-electron chi connectivity index (χ4n) is 1.81. The third-order valence-electron chi connectivity index (χ3n) is 2.46. The van der Waals surface area contributed by atoms with Gasteiger partial charge in [0.2, 0.25) is 5.82 Å². The second kappa shape index (κ2) is 3.01. The van der Waals surface area contributed by atoms with Gasteiger partial charge >= 0.3 is 5.69 Å². The molecule has 0 aliphatic heterocycles. The Labute approximate surface area is 78.5 Å². The summed E-state index contributed by atoms with van der Waals surface area (Å²) in [4.78, 5) is 9.48. The van der Waals surface area contributed by atoms with E-state index in [1.54, 1.807) is 0 Å². The molecule has 14 heavy (non-hydrogen) atoms. The highest BCUT2D eigenvalue weighted by Crippen LogP contribution is 2.32. The Morgan fingerprint density at radius 3 is 2.57 bits per heavy atom. The molecule has 0 atom stereocenters. The first-order valence-corrected chi connectivity index (χ1v) is 4.25. The summed E-state index contributed by atoms with van der Waals surface area (Å²) < 4.78 is 26.6. The van der Waals surface area contributed by atoms with Crippen molar-refractivity contribution in [3.8, 4) is 0 Å². The minimum absolute atomic E-state index is 0.178. The maximum atomic E-state index is 13.4. The number of nitrogens with zero attached hydrogens (tertiary/aromatic N) is 1. The zero-order valence-electron chi connectivity index (χ0n) is 7.22. The van der Waals surface area contributed by atoms with Gasteiger partial charge < -0.3 is 0 Å². The van der Waals surface area contributed by atoms with Crippen LogP contribution < -0.4 is 0 Å². The van der Waals surface area contributed by atoms with E-state index >= 15 is 0 Å². The lowest BCUT2D eigenvalue weighted by Crippen LogP contribution is -2.00. The van der Waals surface area contributed by atoms with Gasteiger partial charge in [-0.3, -0.25) is 10.1 Å². The lowest BCUT2D eigenvalue weighted by molar-refractivity contribution is -0.387. The quantitative estimate of drug-likeness (QED) is 0.514. The van der Waals surface area contributed by atoms with Crippen molar-refractivity contribution in [3.63, 3.8) is 0 Å². The number of halogens is 2. The number of nitro benzene ring substituents is 1. The average Bonchev–Trinajstić information content (AvgIpc) is 2.59. The van der Waals surface area contributed by atoms with E-state index in [0.29, 0.717) is 30.9 Å². The maximum Gasteiger partial charge on any atom is 0.308 e. The number of hydrogen-bond acceptors (Lipinski definition) is 2. The van der Waals surface area contributed by atoms with Crippen molar-refractivity contribution in [2.24, 2.45) is 0 Å². The third-order valence-corrected chi connectivity index (χ3v) is 2.46. The van der Waals surface area contributed by atoms with E-state index in [2.05, 4.69) is 0 Å². The lowest BCUT2D eigenvalue weighted by Gasteiger charge is -2.02. The minimum atomic E-state index is -0.892. The highest BCUT2D eigenvalue weighted by molar-refractivity contribution is 5.45. The van der Waals surface area contributed by atoms with E-state index in [1.807, 2.05) is 0 Å². The van der Waals surface area contributed by atoms with E-state index in [0.717, 1.165) is 0 Å². The van der Waals surface area contributed by atoms with Crippen molar-refractivity contribution < 1.29 is 13.7 Å². The minimum Gasteiger partial charge on any atom is -0.258 e. The first kappa shape index (κ1) is 9.05. The van der Waals surface area contributed by atoms with Gasteiger partial charge in [-0.1, -0.05) is 0 Å². The largest absolute Gasteiger partial charge is 0.308 e. The van der Waals surface area contributed by atoms with Crippen LogP contribution in [-0.2, 0) is 12.8 Å². The highest BCUT2D eigenvalue weighted by Gasteiger charge is 2.27. The van der Waals surface area contributed by atoms with Gasteiger partial charge in [0.15, 0.2) is 0 Å². The van der Waals surface area contributed by atoms with Crippen LogP contribution in [0.4, 0.5) is 14.5 Å². The Balaban J connectivity index is 2.68. The lowest BCUT2D eigenvalue weighted by atomic mass is 10.1. The Hall–Kier alpha value is -1.52. The zero-order valence-corrected chi connectivity index (χ0v) is 7.22. The number of fused-ring (bicyclic) bond motifs is 1. The first-order chi connectivity index (χ1) is 6.61. The van der Waals surface area contributed by atoms with Crippen molar-refractivity contribution in [1.82, 2.24) is 0 Å². The molecule has 0 spiro atoms. The van der Waals surface area contributed by atoms with Crippen LogP contribution in [0.5, 0.6) is 0 Å². The first-order valence-electron chi connectivity index (χ1n) is 4.25. The molecular formula is C9H7F2NO2. The molecule has 0 bridgehead atoms. The van der Waals surface area contributed by atoms with Gasteiger partial charge in [0.05, 0.1) is 11.0 Å². The van der Waals surface area contributed by atoms with E-state index in [-0.39, 0.29) is 5.56 Å². The Morgan fingerprint density at radius 1 is 1.29 bits per heavy atom. The predicted molar refractivity (Wildman–Crippen MR) is 45.0 cm³/mol. The molecule has 1 aliphatic rings. The van der Waals surface area contributed by atoms with Gasteiger partial charge in [-0.25, -0.2) is 4.39 Å². The number of nitro groups is 1. The number of rotatable bonds is 1.